The molecule has 0 aliphatic heterocycles. The number of aromatic amines is 1. The van der Waals surface area contributed by atoms with Crippen LogP contribution in [0.25, 0.3) is 16.7 Å². The number of hydrogen-bond donors (Lipinski definition) is 3. The largest absolute Gasteiger partial charge is 0.359 e. The third kappa shape index (κ3) is 3.73. The van der Waals surface area contributed by atoms with Crippen molar-refractivity contribution >= 4 is 22.7 Å². The zero-order valence-electron chi connectivity index (χ0n) is 15.7. The van der Waals surface area contributed by atoms with Gasteiger partial charge in [0.15, 0.2) is 5.69 Å². The number of pyridine rings is 1. The monoisotopic (exact) mass is 381 g/mol. The minimum absolute atomic E-state index is 0.0784. The molecule has 1 aliphatic carbocycles. The number of amides is 2. The average Bonchev–Trinajstić information content (AvgIpc) is 3.40. The number of carbonyl (C=O) groups excluding carboxylic acids is 2. The van der Waals surface area contributed by atoms with E-state index in [1.54, 1.807) is 36.5 Å². The van der Waals surface area contributed by atoms with Crippen molar-refractivity contribution < 1.29 is 9.59 Å². The lowest BCUT2D eigenvalue weighted by atomic mass is 9.84. The Morgan fingerprint density at radius 3 is 2.82 bits per heavy atom. The fraction of sp³-hybridized carbons (Fsp3) is 0.421. The summed E-state index contributed by atoms with van der Waals surface area (Å²) in [5.74, 6) is 0.863. The second-order valence-corrected chi connectivity index (χ2v) is 7.20. The first kappa shape index (κ1) is 18.1. The highest BCUT2D eigenvalue weighted by atomic mass is 16.2. The first-order valence-corrected chi connectivity index (χ1v) is 9.48. The number of H-pyrrole nitrogens is 1. The van der Waals surface area contributed by atoms with Crippen molar-refractivity contribution in [1.82, 2.24) is 35.4 Å². The summed E-state index contributed by atoms with van der Waals surface area (Å²) in [6.07, 6.45) is 10.9. The van der Waals surface area contributed by atoms with Gasteiger partial charge in [-0.05, 0) is 37.7 Å². The van der Waals surface area contributed by atoms with Gasteiger partial charge in [-0.3, -0.25) is 19.3 Å². The summed E-state index contributed by atoms with van der Waals surface area (Å²) in [7, 11) is 1.66. The lowest BCUT2D eigenvalue weighted by Gasteiger charge is -2.28. The van der Waals surface area contributed by atoms with E-state index in [4.69, 9.17) is 0 Å². The maximum absolute atomic E-state index is 12.9. The molecule has 3 N–H and O–H groups in total. The molecule has 0 saturated heterocycles. The van der Waals surface area contributed by atoms with Gasteiger partial charge < -0.3 is 10.6 Å². The molecule has 0 unspecified atom stereocenters. The van der Waals surface area contributed by atoms with Gasteiger partial charge in [0, 0.05) is 37.3 Å². The number of carbonyl (C=O) groups is 2. The third-order valence-electron chi connectivity index (χ3n) is 5.34. The zero-order chi connectivity index (χ0) is 19.5. The molecule has 3 heterocycles. The van der Waals surface area contributed by atoms with Gasteiger partial charge in [-0.25, -0.2) is 9.97 Å². The fourth-order valence-corrected chi connectivity index (χ4v) is 3.76. The normalized spacial score (nSPS) is 19.5. The van der Waals surface area contributed by atoms with Crippen molar-refractivity contribution in [3.63, 3.8) is 0 Å². The van der Waals surface area contributed by atoms with Gasteiger partial charge in [0.2, 0.25) is 5.91 Å². The van der Waals surface area contributed by atoms with E-state index in [0.717, 1.165) is 31.1 Å². The van der Waals surface area contributed by atoms with Crippen LogP contribution in [0, 0.1) is 5.92 Å². The van der Waals surface area contributed by atoms with Crippen molar-refractivity contribution in [1.29, 1.82) is 0 Å². The lowest BCUT2D eigenvalue weighted by Crippen LogP contribution is -2.38. The number of nitrogens with zero attached hydrogens (tertiary/aromatic N) is 4. The summed E-state index contributed by atoms with van der Waals surface area (Å²) in [6, 6.07) is 1.95. The van der Waals surface area contributed by atoms with Crippen LogP contribution >= 0.6 is 0 Å². The highest BCUT2D eigenvalue weighted by Crippen LogP contribution is 2.27. The molecule has 1 fully saturated rings. The number of aromatic nitrogens is 5. The topological polar surface area (TPSA) is 118 Å². The molecule has 0 bridgehead atoms. The van der Waals surface area contributed by atoms with Crippen LogP contribution in [-0.4, -0.2) is 49.6 Å². The summed E-state index contributed by atoms with van der Waals surface area (Å²) in [6.45, 7) is 0. The van der Waals surface area contributed by atoms with Gasteiger partial charge in [0.1, 0.15) is 12.1 Å². The lowest BCUT2D eigenvalue weighted by molar-refractivity contribution is -0.121. The van der Waals surface area contributed by atoms with Crippen LogP contribution < -0.4 is 10.6 Å². The van der Waals surface area contributed by atoms with Gasteiger partial charge in [-0.1, -0.05) is 0 Å². The van der Waals surface area contributed by atoms with Crippen LogP contribution in [0.3, 0.4) is 0 Å². The average molecular weight is 381 g/mol. The molecule has 0 radical (unpaired) electrons. The summed E-state index contributed by atoms with van der Waals surface area (Å²) in [4.78, 5) is 33.1. The highest BCUT2D eigenvalue weighted by Gasteiger charge is 2.25. The molecule has 0 atom stereocenters. The van der Waals surface area contributed by atoms with E-state index in [1.807, 2.05) is 6.07 Å². The maximum atomic E-state index is 12.9. The second kappa shape index (κ2) is 7.79. The number of nitrogens with one attached hydrogen (secondary N) is 3. The Hall–Kier alpha value is -3.23. The Balaban J connectivity index is 1.47. The number of fused-ring (bicyclic) bond motifs is 1. The fourth-order valence-electron chi connectivity index (χ4n) is 3.76. The number of imidazole rings is 1. The van der Waals surface area contributed by atoms with Crippen molar-refractivity contribution in [3.8, 4) is 5.82 Å². The first-order valence-electron chi connectivity index (χ1n) is 9.48. The van der Waals surface area contributed by atoms with Gasteiger partial charge in [-0.2, -0.15) is 5.10 Å². The molecule has 3 aromatic rings. The Morgan fingerprint density at radius 2 is 2.11 bits per heavy atom. The Labute approximate surface area is 161 Å². The van der Waals surface area contributed by atoms with Gasteiger partial charge in [0.25, 0.3) is 5.91 Å². The van der Waals surface area contributed by atoms with Crippen molar-refractivity contribution in [2.45, 2.75) is 38.1 Å². The van der Waals surface area contributed by atoms with E-state index in [1.165, 1.54) is 0 Å². The second-order valence-electron chi connectivity index (χ2n) is 7.20. The molecule has 4 rings (SSSR count). The number of rotatable bonds is 5. The van der Waals surface area contributed by atoms with Crippen molar-refractivity contribution in [2.24, 2.45) is 5.92 Å². The van der Waals surface area contributed by atoms with Gasteiger partial charge in [0.05, 0.1) is 11.7 Å². The Kier molecular flexibility index (Phi) is 5.05. The summed E-state index contributed by atoms with van der Waals surface area (Å²) < 4.78 is 1.76. The van der Waals surface area contributed by atoms with Crippen LogP contribution in [0.1, 0.15) is 42.6 Å². The van der Waals surface area contributed by atoms with E-state index in [9.17, 15) is 9.59 Å². The quantitative estimate of drug-likeness (QED) is 0.620. The number of hydrogen-bond acceptors (Lipinski definition) is 5. The molecule has 0 aromatic carbocycles. The predicted octanol–water partition coefficient (Wildman–Crippen LogP) is 1.57. The summed E-state index contributed by atoms with van der Waals surface area (Å²) >= 11 is 0. The molecular weight excluding hydrogens is 358 g/mol. The predicted molar refractivity (Wildman–Crippen MR) is 103 cm³/mol. The van der Waals surface area contributed by atoms with E-state index < -0.39 is 0 Å². The molecular formula is C19H23N7O2. The molecule has 3 aromatic heterocycles. The van der Waals surface area contributed by atoms with E-state index in [-0.39, 0.29) is 17.9 Å². The standard InChI is InChI=1S/C19H23N7O2/c1-20-16(27)8-12-2-4-14(5-3-12)23-19(28)18-17-13(10-22-25-17)9-15(24-18)26-7-6-21-11-26/h6-7,9-12,14H,2-5,8H2,1H3,(H,20,27)(H,22,25)(H,23,28)/t12-,14-. The Morgan fingerprint density at radius 1 is 1.29 bits per heavy atom. The molecule has 9 heteroatoms. The molecule has 9 nitrogen and oxygen atoms in total. The summed E-state index contributed by atoms with van der Waals surface area (Å²) in [5.41, 5.74) is 0.945. The van der Waals surface area contributed by atoms with Crippen LogP contribution in [0.4, 0.5) is 0 Å². The highest BCUT2D eigenvalue weighted by molar-refractivity contribution is 6.04. The van der Waals surface area contributed by atoms with Crippen LogP contribution in [-0.2, 0) is 4.79 Å². The van der Waals surface area contributed by atoms with Gasteiger partial charge >= 0.3 is 0 Å². The molecule has 2 amide bonds. The molecule has 1 aliphatic rings. The smallest absolute Gasteiger partial charge is 0.272 e. The molecule has 0 spiro atoms. The minimum Gasteiger partial charge on any atom is -0.359 e. The van der Waals surface area contributed by atoms with Crippen LogP contribution in [0.15, 0.2) is 31.0 Å². The SMILES string of the molecule is CNC(=O)C[C@H]1CC[C@H](NC(=O)c2nc(-n3ccnc3)cc3cn[nH]c23)CC1. The summed E-state index contributed by atoms with van der Waals surface area (Å²) in [5, 5.41) is 13.5. The molecule has 28 heavy (non-hydrogen) atoms. The van der Waals surface area contributed by atoms with Crippen molar-refractivity contribution in [3.05, 3.63) is 36.7 Å². The van der Waals surface area contributed by atoms with E-state index >= 15 is 0 Å². The van der Waals surface area contributed by atoms with Crippen LogP contribution in [0.5, 0.6) is 0 Å². The zero-order valence-corrected chi connectivity index (χ0v) is 15.7. The van der Waals surface area contributed by atoms with E-state index in [2.05, 4.69) is 30.8 Å². The minimum atomic E-state index is -0.217. The Bertz CT molecular complexity index is 972. The third-order valence-corrected chi connectivity index (χ3v) is 5.34. The molecule has 1 saturated carbocycles. The maximum Gasteiger partial charge on any atom is 0.272 e. The van der Waals surface area contributed by atoms with Crippen molar-refractivity contribution in [2.75, 3.05) is 7.05 Å². The molecule has 146 valence electrons. The van der Waals surface area contributed by atoms with E-state index in [0.29, 0.717) is 29.4 Å². The van der Waals surface area contributed by atoms with Gasteiger partial charge in [-0.15, -0.1) is 0 Å². The van der Waals surface area contributed by atoms with Crippen LogP contribution in [0.2, 0.25) is 0 Å². The first-order chi connectivity index (χ1) is 13.6.